The molecular weight excluding hydrogens is 302 g/mol. The third kappa shape index (κ3) is 3.63. The number of carbonyl (C=O) groups excluding carboxylic acids is 2. The first-order valence-electron chi connectivity index (χ1n) is 8.13. The van der Waals surface area contributed by atoms with Gasteiger partial charge in [0.25, 0.3) is 5.91 Å². The van der Waals surface area contributed by atoms with E-state index < -0.39 is 0 Å². The molecule has 1 fully saturated rings. The van der Waals surface area contributed by atoms with Gasteiger partial charge in [-0.25, -0.2) is 0 Å². The van der Waals surface area contributed by atoms with Crippen LogP contribution in [0, 0.1) is 12.8 Å². The predicted octanol–water partition coefficient (Wildman–Crippen LogP) is 2.80. The van der Waals surface area contributed by atoms with E-state index in [0.29, 0.717) is 17.8 Å². The van der Waals surface area contributed by atoms with Crippen LogP contribution in [0.1, 0.15) is 22.3 Å². The van der Waals surface area contributed by atoms with Gasteiger partial charge in [-0.3, -0.25) is 9.59 Å². The molecule has 3 rings (SSSR count). The molecule has 2 aromatic rings. The molecule has 124 valence electrons. The fourth-order valence-corrected chi connectivity index (χ4v) is 2.85. The topological polar surface area (TPSA) is 70.2 Å². The Morgan fingerprint density at radius 3 is 2.54 bits per heavy atom. The van der Waals surface area contributed by atoms with E-state index in [1.54, 1.807) is 12.1 Å². The molecule has 0 spiro atoms. The SMILES string of the molecule is Cc1c(NC(=O)C2CCNC2)cccc1C(=O)Nc1ccccc1. The summed E-state index contributed by atoms with van der Waals surface area (Å²) in [6.07, 6.45) is 0.846. The lowest BCUT2D eigenvalue weighted by molar-refractivity contribution is -0.119. The van der Waals surface area contributed by atoms with Gasteiger partial charge in [-0.1, -0.05) is 24.3 Å². The zero-order valence-corrected chi connectivity index (χ0v) is 13.6. The van der Waals surface area contributed by atoms with Crippen molar-refractivity contribution in [2.24, 2.45) is 5.92 Å². The lowest BCUT2D eigenvalue weighted by Crippen LogP contribution is -2.25. The summed E-state index contributed by atoms with van der Waals surface area (Å²) in [5.41, 5.74) is 2.76. The van der Waals surface area contributed by atoms with Crippen molar-refractivity contribution in [1.29, 1.82) is 0 Å². The molecule has 0 aliphatic carbocycles. The summed E-state index contributed by atoms with van der Waals surface area (Å²) in [6, 6.07) is 14.7. The van der Waals surface area contributed by atoms with Gasteiger partial charge in [0.15, 0.2) is 0 Å². The van der Waals surface area contributed by atoms with Crippen molar-refractivity contribution in [3.63, 3.8) is 0 Å². The minimum atomic E-state index is -0.183. The summed E-state index contributed by atoms with van der Waals surface area (Å²) in [7, 11) is 0. The van der Waals surface area contributed by atoms with Crippen LogP contribution in [0.5, 0.6) is 0 Å². The normalized spacial score (nSPS) is 16.6. The molecular formula is C19H21N3O2. The lowest BCUT2D eigenvalue weighted by Gasteiger charge is -2.14. The third-order valence-corrected chi connectivity index (χ3v) is 4.30. The van der Waals surface area contributed by atoms with Gasteiger partial charge in [-0.15, -0.1) is 0 Å². The van der Waals surface area contributed by atoms with Crippen LogP contribution in [0.3, 0.4) is 0 Å². The molecule has 2 amide bonds. The maximum absolute atomic E-state index is 12.5. The van der Waals surface area contributed by atoms with Crippen LogP contribution in [0.25, 0.3) is 0 Å². The second kappa shape index (κ2) is 7.27. The van der Waals surface area contributed by atoms with Gasteiger partial charge in [0.1, 0.15) is 0 Å². The molecule has 0 bridgehead atoms. The van der Waals surface area contributed by atoms with E-state index >= 15 is 0 Å². The maximum Gasteiger partial charge on any atom is 0.256 e. The fraction of sp³-hybridized carbons (Fsp3) is 0.263. The van der Waals surface area contributed by atoms with Crippen molar-refractivity contribution in [2.45, 2.75) is 13.3 Å². The summed E-state index contributed by atoms with van der Waals surface area (Å²) in [5, 5.41) is 9.01. The van der Waals surface area contributed by atoms with Gasteiger partial charge in [0, 0.05) is 23.5 Å². The third-order valence-electron chi connectivity index (χ3n) is 4.30. The fourth-order valence-electron chi connectivity index (χ4n) is 2.85. The molecule has 1 heterocycles. The van der Waals surface area contributed by atoms with Crippen LogP contribution in [-0.4, -0.2) is 24.9 Å². The number of nitrogens with one attached hydrogen (secondary N) is 3. The predicted molar refractivity (Wildman–Crippen MR) is 95.2 cm³/mol. The molecule has 5 heteroatoms. The highest BCUT2D eigenvalue weighted by Gasteiger charge is 2.23. The van der Waals surface area contributed by atoms with Crippen LogP contribution in [-0.2, 0) is 4.79 Å². The van der Waals surface area contributed by atoms with Gasteiger partial charge >= 0.3 is 0 Å². The van der Waals surface area contributed by atoms with Crippen molar-refractivity contribution >= 4 is 23.2 Å². The van der Waals surface area contributed by atoms with E-state index in [-0.39, 0.29) is 17.7 Å². The first-order chi connectivity index (χ1) is 11.6. The van der Waals surface area contributed by atoms with E-state index in [1.807, 2.05) is 43.3 Å². The zero-order chi connectivity index (χ0) is 16.9. The number of benzene rings is 2. The Hall–Kier alpha value is -2.66. The number of rotatable bonds is 4. The van der Waals surface area contributed by atoms with E-state index in [9.17, 15) is 9.59 Å². The van der Waals surface area contributed by atoms with E-state index in [1.165, 1.54) is 0 Å². The Kier molecular flexibility index (Phi) is 4.91. The second-order valence-electron chi connectivity index (χ2n) is 5.98. The molecule has 0 saturated carbocycles. The van der Waals surface area contributed by atoms with Gasteiger partial charge < -0.3 is 16.0 Å². The molecule has 24 heavy (non-hydrogen) atoms. The summed E-state index contributed by atoms with van der Waals surface area (Å²) in [4.78, 5) is 24.8. The highest BCUT2D eigenvalue weighted by molar-refractivity contribution is 6.07. The minimum absolute atomic E-state index is 0.00344. The van der Waals surface area contributed by atoms with Crippen LogP contribution >= 0.6 is 0 Å². The number of para-hydroxylation sites is 1. The molecule has 2 aromatic carbocycles. The standard InChI is InChI=1S/C19H21N3O2/c1-13-16(19(24)21-15-6-3-2-4-7-15)8-5-9-17(13)22-18(23)14-10-11-20-12-14/h2-9,14,20H,10-12H2,1H3,(H,21,24)(H,22,23). The van der Waals surface area contributed by atoms with Crippen LogP contribution < -0.4 is 16.0 Å². The van der Waals surface area contributed by atoms with Gasteiger partial charge in [0.05, 0.1) is 5.92 Å². The van der Waals surface area contributed by atoms with Crippen LogP contribution in [0.15, 0.2) is 48.5 Å². The molecule has 1 unspecified atom stereocenters. The number of hydrogen-bond donors (Lipinski definition) is 3. The van der Waals surface area contributed by atoms with Crippen LogP contribution in [0.4, 0.5) is 11.4 Å². The quantitative estimate of drug-likeness (QED) is 0.810. The molecule has 0 radical (unpaired) electrons. The summed E-state index contributed by atoms with van der Waals surface area (Å²) in [5.74, 6) is -0.188. The summed E-state index contributed by atoms with van der Waals surface area (Å²) < 4.78 is 0. The zero-order valence-electron chi connectivity index (χ0n) is 13.6. The van der Waals surface area contributed by atoms with Crippen molar-refractivity contribution in [3.8, 4) is 0 Å². The molecule has 5 nitrogen and oxygen atoms in total. The molecule has 3 N–H and O–H groups in total. The Morgan fingerprint density at radius 1 is 1.04 bits per heavy atom. The van der Waals surface area contributed by atoms with Crippen LogP contribution in [0.2, 0.25) is 0 Å². The highest BCUT2D eigenvalue weighted by Crippen LogP contribution is 2.22. The van der Waals surface area contributed by atoms with Crippen molar-refractivity contribution < 1.29 is 9.59 Å². The summed E-state index contributed by atoms with van der Waals surface area (Å²) >= 11 is 0. The van der Waals surface area contributed by atoms with E-state index in [4.69, 9.17) is 0 Å². The Bertz CT molecular complexity index is 738. The number of hydrogen-bond acceptors (Lipinski definition) is 3. The largest absolute Gasteiger partial charge is 0.326 e. The average Bonchev–Trinajstić information content (AvgIpc) is 3.12. The number of carbonyl (C=O) groups is 2. The highest BCUT2D eigenvalue weighted by atomic mass is 16.2. The maximum atomic E-state index is 12.5. The Balaban J connectivity index is 1.75. The van der Waals surface area contributed by atoms with Gasteiger partial charge in [-0.2, -0.15) is 0 Å². The Labute approximate surface area is 141 Å². The van der Waals surface area contributed by atoms with E-state index in [2.05, 4.69) is 16.0 Å². The first-order valence-corrected chi connectivity index (χ1v) is 8.13. The van der Waals surface area contributed by atoms with Gasteiger partial charge in [-0.05, 0) is 49.7 Å². The molecule has 0 aromatic heterocycles. The molecule has 1 aliphatic heterocycles. The number of amides is 2. The average molecular weight is 323 g/mol. The molecule has 1 atom stereocenters. The van der Waals surface area contributed by atoms with Gasteiger partial charge in [0.2, 0.25) is 5.91 Å². The lowest BCUT2D eigenvalue weighted by atomic mass is 10.0. The first kappa shape index (κ1) is 16.2. The molecule has 1 saturated heterocycles. The monoisotopic (exact) mass is 323 g/mol. The summed E-state index contributed by atoms with van der Waals surface area (Å²) in [6.45, 7) is 3.43. The molecule has 1 aliphatic rings. The van der Waals surface area contributed by atoms with Crippen molar-refractivity contribution in [3.05, 3.63) is 59.7 Å². The Morgan fingerprint density at radius 2 is 1.83 bits per heavy atom. The minimum Gasteiger partial charge on any atom is -0.326 e. The van der Waals surface area contributed by atoms with Crippen molar-refractivity contribution in [1.82, 2.24) is 5.32 Å². The number of anilines is 2. The second-order valence-corrected chi connectivity index (χ2v) is 5.98. The smallest absolute Gasteiger partial charge is 0.256 e. The van der Waals surface area contributed by atoms with E-state index in [0.717, 1.165) is 24.2 Å². The van der Waals surface area contributed by atoms with Crippen molar-refractivity contribution in [2.75, 3.05) is 23.7 Å².